The van der Waals surface area contributed by atoms with Crippen molar-refractivity contribution in [1.82, 2.24) is 19.7 Å². The van der Waals surface area contributed by atoms with Gasteiger partial charge >= 0.3 is 5.97 Å². The highest BCUT2D eigenvalue weighted by Crippen LogP contribution is 2.34. The Kier molecular flexibility index (Phi) is 4.48. The van der Waals surface area contributed by atoms with E-state index in [1.807, 2.05) is 61.8 Å². The van der Waals surface area contributed by atoms with Crippen LogP contribution in [0.3, 0.4) is 0 Å². The lowest BCUT2D eigenvalue weighted by atomic mass is 9.93. The van der Waals surface area contributed by atoms with E-state index in [0.717, 1.165) is 34.6 Å². The average Bonchev–Trinajstić information content (AvgIpc) is 3.12. The zero-order valence-electron chi connectivity index (χ0n) is 16.4. The lowest BCUT2D eigenvalue weighted by molar-refractivity contribution is 0.0726. The number of rotatable bonds is 4. The molecule has 0 aliphatic heterocycles. The minimum atomic E-state index is -0.460. The van der Waals surface area contributed by atoms with Crippen molar-refractivity contribution >= 4 is 17.6 Å². The monoisotopic (exact) mass is 397 g/mol. The van der Waals surface area contributed by atoms with Gasteiger partial charge in [-0.25, -0.2) is 14.8 Å². The first-order chi connectivity index (χ1) is 14.7. The number of anilines is 2. The Morgan fingerprint density at radius 2 is 1.77 bits per heavy atom. The number of para-hydroxylation sites is 2. The number of nitrogens with zero attached hydrogens (tertiary/aromatic N) is 4. The molecular weight excluding hydrogens is 378 g/mol. The van der Waals surface area contributed by atoms with Crippen LogP contribution in [0.1, 0.15) is 21.6 Å². The fourth-order valence-corrected chi connectivity index (χ4v) is 3.67. The van der Waals surface area contributed by atoms with Gasteiger partial charge in [0.1, 0.15) is 5.75 Å². The summed E-state index contributed by atoms with van der Waals surface area (Å²) in [5.74, 6) is 0.537. The fourth-order valence-electron chi connectivity index (χ4n) is 3.67. The van der Waals surface area contributed by atoms with Gasteiger partial charge in [-0.15, -0.1) is 0 Å². The summed E-state index contributed by atoms with van der Waals surface area (Å²) in [5.41, 5.74) is 4.75. The molecule has 0 saturated carbocycles. The molecule has 0 radical (unpaired) electrons. The van der Waals surface area contributed by atoms with Crippen LogP contribution in [-0.2, 0) is 19.9 Å². The molecule has 0 unspecified atom stereocenters. The summed E-state index contributed by atoms with van der Waals surface area (Å²) in [5, 5.41) is 7.69. The van der Waals surface area contributed by atoms with E-state index in [1.54, 1.807) is 16.8 Å². The van der Waals surface area contributed by atoms with Gasteiger partial charge in [-0.05, 0) is 42.7 Å². The Morgan fingerprint density at radius 3 is 2.53 bits per heavy atom. The van der Waals surface area contributed by atoms with Crippen molar-refractivity contribution in [3.8, 4) is 17.1 Å². The normalized spacial score (nSPS) is 12.0. The number of fused-ring (bicyclic) bond motifs is 3. The number of ether oxygens (including phenoxy) is 1. The summed E-state index contributed by atoms with van der Waals surface area (Å²) >= 11 is 0. The predicted octanol–water partition coefficient (Wildman–Crippen LogP) is 3.94. The van der Waals surface area contributed by atoms with Crippen LogP contribution in [-0.4, -0.2) is 25.7 Å². The summed E-state index contributed by atoms with van der Waals surface area (Å²) in [6, 6.07) is 18.8. The second kappa shape index (κ2) is 7.44. The van der Waals surface area contributed by atoms with E-state index in [9.17, 15) is 4.79 Å². The number of esters is 1. The van der Waals surface area contributed by atoms with Gasteiger partial charge in [-0.3, -0.25) is 4.68 Å². The molecule has 1 aliphatic rings. The molecule has 30 heavy (non-hydrogen) atoms. The Balaban J connectivity index is 1.49. The van der Waals surface area contributed by atoms with Crippen LogP contribution in [0, 0.1) is 0 Å². The minimum absolute atomic E-state index is 0.332. The number of aryl methyl sites for hydroxylation is 2. The standard InChI is InChI=1S/C23H19N5O2/c1-28-21-18(20(27-28)22(29)30-17-10-6-3-7-11-17)13-12-15-14-24-23(26-19(15)21)25-16-8-4-2-5-9-16/h2-11,14H,12-13H2,1H3,(H,24,25,26). The van der Waals surface area contributed by atoms with Crippen molar-refractivity contribution in [3.05, 3.63) is 83.7 Å². The molecule has 0 amide bonds. The third-order valence-electron chi connectivity index (χ3n) is 5.06. The molecular formula is C23H19N5O2. The summed E-state index contributed by atoms with van der Waals surface area (Å²) in [7, 11) is 1.82. The van der Waals surface area contributed by atoms with E-state index < -0.39 is 5.97 Å². The van der Waals surface area contributed by atoms with E-state index in [2.05, 4.69) is 15.4 Å². The van der Waals surface area contributed by atoms with Crippen molar-refractivity contribution in [2.24, 2.45) is 7.05 Å². The third kappa shape index (κ3) is 3.30. The van der Waals surface area contributed by atoms with Gasteiger partial charge in [0, 0.05) is 24.5 Å². The molecule has 2 heterocycles. The molecule has 0 fully saturated rings. The number of hydrogen-bond donors (Lipinski definition) is 1. The first-order valence-corrected chi connectivity index (χ1v) is 9.70. The van der Waals surface area contributed by atoms with Crippen LogP contribution in [0.2, 0.25) is 0 Å². The second-order valence-corrected chi connectivity index (χ2v) is 7.06. The van der Waals surface area contributed by atoms with E-state index in [1.165, 1.54) is 0 Å². The predicted molar refractivity (Wildman–Crippen MR) is 113 cm³/mol. The molecule has 2 aromatic carbocycles. The van der Waals surface area contributed by atoms with Gasteiger partial charge in [0.2, 0.25) is 5.95 Å². The van der Waals surface area contributed by atoms with Gasteiger partial charge in [0.25, 0.3) is 0 Å². The topological polar surface area (TPSA) is 81.9 Å². The largest absolute Gasteiger partial charge is 0.422 e. The molecule has 0 bridgehead atoms. The SMILES string of the molecule is Cn1nc(C(=O)Oc2ccccc2)c2c1-c1nc(Nc3ccccc3)ncc1CC2. The lowest BCUT2D eigenvalue weighted by Crippen LogP contribution is -2.14. The molecule has 1 N–H and O–H groups in total. The molecule has 2 aromatic heterocycles. The number of carbonyl (C=O) groups is 1. The number of benzene rings is 2. The summed E-state index contributed by atoms with van der Waals surface area (Å²) < 4.78 is 7.21. The van der Waals surface area contributed by atoms with E-state index in [-0.39, 0.29) is 0 Å². The van der Waals surface area contributed by atoms with Crippen molar-refractivity contribution in [1.29, 1.82) is 0 Å². The number of aromatic nitrogens is 4. The summed E-state index contributed by atoms with van der Waals surface area (Å²) in [6.07, 6.45) is 3.26. The van der Waals surface area contributed by atoms with E-state index in [4.69, 9.17) is 9.72 Å². The first kappa shape index (κ1) is 18.1. The van der Waals surface area contributed by atoms with Crippen LogP contribution >= 0.6 is 0 Å². The molecule has 0 atom stereocenters. The highest BCUT2D eigenvalue weighted by Gasteiger charge is 2.29. The van der Waals surface area contributed by atoms with Crippen LogP contribution in [0.5, 0.6) is 5.75 Å². The maximum absolute atomic E-state index is 12.8. The maximum atomic E-state index is 12.8. The molecule has 7 nitrogen and oxygen atoms in total. The molecule has 0 saturated heterocycles. The fraction of sp³-hybridized carbons (Fsp3) is 0.130. The Morgan fingerprint density at radius 1 is 1.03 bits per heavy atom. The number of carbonyl (C=O) groups excluding carboxylic acids is 1. The van der Waals surface area contributed by atoms with Gasteiger partial charge in [-0.2, -0.15) is 5.10 Å². The van der Waals surface area contributed by atoms with Gasteiger partial charge in [0.15, 0.2) is 5.69 Å². The maximum Gasteiger partial charge on any atom is 0.364 e. The van der Waals surface area contributed by atoms with Gasteiger partial charge < -0.3 is 10.1 Å². The molecule has 1 aliphatic carbocycles. The Bertz CT molecular complexity index is 1220. The number of nitrogens with one attached hydrogen (secondary N) is 1. The van der Waals surface area contributed by atoms with Crippen LogP contribution in [0.4, 0.5) is 11.6 Å². The van der Waals surface area contributed by atoms with E-state index >= 15 is 0 Å². The lowest BCUT2D eigenvalue weighted by Gasteiger charge is -2.17. The van der Waals surface area contributed by atoms with Crippen molar-refractivity contribution in [2.75, 3.05) is 5.32 Å². The molecule has 7 heteroatoms. The van der Waals surface area contributed by atoms with Crippen molar-refractivity contribution < 1.29 is 9.53 Å². The highest BCUT2D eigenvalue weighted by atomic mass is 16.5. The zero-order valence-corrected chi connectivity index (χ0v) is 16.4. The van der Waals surface area contributed by atoms with Crippen molar-refractivity contribution in [2.45, 2.75) is 12.8 Å². The van der Waals surface area contributed by atoms with Crippen molar-refractivity contribution in [3.63, 3.8) is 0 Å². The first-order valence-electron chi connectivity index (χ1n) is 9.70. The van der Waals surface area contributed by atoms with Gasteiger partial charge in [0.05, 0.1) is 11.4 Å². The van der Waals surface area contributed by atoms with Crippen LogP contribution in [0.15, 0.2) is 66.9 Å². The molecule has 4 aromatic rings. The second-order valence-electron chi connectivity index (χ2n) is 7.06. The molecule has 0 spiro atoms. The Labute approximate surface area is 173 Å². The van der Waals surface area contributed by atoms with Crippen LogP contribution < -0.4 is 10.1 Å². The van der Waals surface area contributed by atoms with Crippen LogP contribution in [0.25, 0.3) is 11.4 Å². The summed E-state index contributed by atoms with van der Waals surface area (Å²) in [4.78, 5) is 22.0. The molecule has 148 valence electrons. The van der Waals surface area contributed by atoms with Gasteiger partial charge in [-0.1, -0.05) is 36.4 Å². The smallest absolute Gasteiger partial charge is 0.364 e. The Hall–Kier alpha value is -4.00. The highest BCUT2D eigenvalue weighted by molar-refractivity contribution is 5.93. The minimum Gasteiger partial charge on any atom is -0.422 e. The zero-order chi connectivity index (χ0) is 20.5. The average molecular weight is 397 g/mol. The van der Waals surface area contributed by atoms with E-state index in [0.29, 0.717) is 23.8 Å². The summed E-state index contributed by atoms with van der Waals surface area (Å²) in [6.45, 7) is 0. The number of hydrogen-bond acceptors (Lipinski definition) is 6. The quantitative estimate of drug-likeness (QED) is 0.415. The molecule has 5 rings (SSSR count). The third-order valence-corrected chi connectivity index (χ3v) is 5.06.